The van der Waals surface area contributed by atoms with Gasteiger partial charge in [-0.3, -0.25) is 10.2 Å². The molecule has 1 heterocycles. The highest BCUT2D eigenvalue weighted by Gasteiger charge is 2.11. The highest BCUT2D eigenvalue weighted by molar-refractivity contribution is 6.35. The molecule has 3 N–H and O–H groups in total. The van der Waals surface area contributed by atoms with Gasteiger partial charge in [-0.2, -0.15) is 5.10 Å². The fourth-order valence-electron chi connectivity index (χ4n) is 1.49. The molecule has 0 radical (unpaired) electrons. The lowest BCUT2D eigenvalue weighted by atomic mass is 10.3. The van der Waals surface area contributed by atoms with Gasteiger partial charge in [0.25, 0.3) is 5.91 Å². The Bertz CT molecular complexity index is 686. The van der Waals surface area contributed by atoms with Gasteiger partial charge in [0.1, 0.15) is 0 Å². The van der Waals surface area contributed by atoms with E-state index in [1.165, 1.54) is 24.1 Å². The molecule has 21 heavy (non-hydrogen) atoms. The van der Waals surface area contributed by atoms with Crippen molar-refractivity contribution >= 4 is 35.1 Å². The first-order chi connectivity index (χ1) is 10.0. The van der Waals surface area contributed by atoms with Crippen LogP contribution in [0.5, 0.6) is 0 Å². The van der Waals surface area contributed by atoms with Crippen LogP contribution >= 0.6 is 23.2 Å². The standard InChI is InChI=1S/C12H11Cl2N5O2/c1-15-12(21)18-17-11(20)7-5-16-19(6-7)10-3-2-8(13)4-9(10)14/h2-6H,1H3,(H,17,20)(H2,15,18,21). The minimum atomic E-state index is -0.531. The Balaban J connectivity index is 2.14. The highest BCUT2D eigenvalue weighted by atomic mass is 35.5. The van der Waals surface area contributed by atoms with E-state index in [1.54, 1.807) is 18.2 Å². The summed E-state index contributed by atoms with van der Waals surface area (Å²) in [6.07, 6.45) is 2.84. The monoisotopic (exact) mass is 327 g/mol. The SMILES string of the molecule is CNC(=O)NNC(=O)c1cnn(-c2ccc(Cl)cc2Cl)c1. The van der Waals surface area contributed by atoms with Crippen LogP contribution in [0.25, 0.3) is 5.69 Å². The first-order valence-electron chi connectivity index (χ1n) is 5.79. The molecular formula is C12H11Cl2N5O2. The van der Waals surface area contributed by atoms with Gasteiger partial charge >= 0.3 is 6.03 Å². The lowest BCUT2D eigenvalue weighted by Crippen LogP contribution is -2.45. The molecule has 0 unspecified atom stereocenters. The van der Waals surface area contributed by atoms with Gasteiger partial charge in [-0.1, -0.05) is 23.2 Å². The molecule has 0 aliphatic rings. The maximum Gasteiger partial charge on any atom is 0.333 e. The fourth-order valence-corrected chi connectivity index (χ4v) is 1.98. The topological polar surface area (TPSA) is 88.1 Å². The van der Waals surface area contributed by atoms with E-state index in [2.05, 4.69) is 21.3 Å². The average Bonchev–Trinajstić information content (AvgIpc) is 2.93. The van der Waals surface area contributed by atoms with Crippen molar-refractivity contribution in [1.82, 2.24) is 25.9 Å². The first-order valence-corrected chi connectivity index (χ1v) is 6.55. The number of hydrazine groups is 1. The number of amides is 3. The molecule has 2 rings (SSSR count). The van der Waals surface area contributed by atoms with Crippen molar-refractivity contribution < 1.29 is 9.59 Å². The first kappa shape index (κ1) is 15.1. The number of nitrogens with zero attached hydrogens (tertiary/aromatic N) is 2. The van der Waals surface area contributed by atoms with E-state index in [-0.39, 0.29) is 5.56 Å². The summed E-state index contributed by atoms with van der Waals surface area (Å²) < 4.78 is 1.44. The number of nitrogens with one attached hydrogen (secondary N) is 3. The molecule has 1 aromatic heterocycles. The molecule has 2 aromatic rings. The van der Waals surface area contributed by atoms with E-state index >= 15 is 0 Å². The molecule has 9 heteroatoms. The average molecular weight is 328 g/mol. The van der Waals surface area contributed by atoms with Crippen molar-refractivity contribution in [2.45, 2.75) is 0 Å². The van der Waals surface area contributed by atoms with Gasteiger partial charge in [-0.25, -0.2) is 14.9 Å². The zero-order valence-electron chi connectivity index (χ0n) is 10.9. The fraction of sp³-hybridized carbons (Fsp3) is 0.0833. The van der Waals surface area contributed by atoms with E-state index in [0.29, 0.717) is 15.7 Å². The summed E-state index contributed by atoms with van der Waals surface area (Å²) in [5.41, 5.74) is 5.24. The zero-order chi connectivity index (χ0) is 15.4. The van der Waals surface area contributed by atoms with Gasteiger partial charge in [-0.05, 0) is 18.2 Å². The second-order valence-corrected chi connectivity index (χ2v) is 4.77. The van der Waals surface area contributed by atoms with Crippen molar-refractivity contribution in [2.24, 2.45) is 0 Å². The number of urea groups is 1. The van der Waals surface area contributed by atoms with Crippen LogP contribution in [0.3, 0.4) is 0 Å². The van der Waals surface area contributed by atoms with Gasteiger partial charge in [0.2, 0.25) is 0 Å². The molecule has 3 amide bonds. The number of aromatic nitrogens is 2. The molecule has 0 bridgehead atoms. The van der Waals surface area contributed by atoms with Gasteiger partial charge in [0, 0.05) is 18.3 Å². The lowest BCUT2D eigenvalue weighted by Gasteiger charge is -2.05. The summed E-state index contributed by atoms with van der Waals surface area (Å²) >= 11 is 11.9. The summed E-state index contributed by atoms with van der Waals surface area (Å²) in [5.74, 6) is -0.505. The van der Waals surface area contributed by atoms with Crippen molar-refractivity contribution in [2.75, 3.05) is 7.05 Å². The Morgan fingerprint density at radius 2 is 2.00 bits per heavy atom. The number of hydrogen-bond donors (Lipinski definition) is 3. The van der Waals surface area contributed by atoms with Gasteiger partial charge in [0.05, 0.1) is 22.5 Å². The largest absolute Gasteiger partial charge is 0.340 e. The third kappa shape index (κ3) is 3.65. The lowest BCUT2D eigenvalue weighted by molar-refractivity contribution is 0.0936. The molecule has 0 aliphatic carbocycles. The summed E-state index contributed by atoms with van der Waals surface area (Å²) in [4.78, 5) is 22.8. The second kappa shape index (κ2) is 6.47. The summed E-state index contributed by atoms with van der Waals surface area (Å²) in [5, 5.41) is 7.25. The number of hydrogen-bond acceptors (Lipinski definition) is 3. The maximum atomic E-state index is 11.8. The minimum absolute atomic E-state index is 0.261. The van der Waals surface area contributed by atoms with Gasteiger partial charge in [-0.15, -0.1) is 0 Å². The van der Waals surface area contributed by atoms with Crippen LogP contribution in [0.4, 0.5) is 4.79 Å². The Morgan fingerprint density at radius 1 is 1.24 bits per heavy atom. The van der Waals surface area contributed by atoms with Crippen LogP contribution < -0.4 is 16.2 Å². The van der Waals surface area contributed by atoms with E-state index in [1.807, 2.05) is 0 Å². The van der Waals surface area contributed by atoms with Crippen LogP contribution in [0.15, 0.2) is 30.6 Å². The number of halogens is 2. The molecule has 0 fully saturated rings. The van der Waals surface area contributed by atoms with Crippen LogP contribution in [-0.2, 0) is 0 Å². The predicted molar refractivity (Wildman–Crippen MR) is 78.6 cm³/mol. The summed E-state index contributed by atoms with van der Waals surface area (Å²) in [7, 11) is 1.43. The van der Waals surface area contributed by atoms with Crippen molar-refractivity contribution in [3.8, 4) is 5.69 Å². The second-order valence-electron chi connectivity index (χ2n) is 3.93. The van der Waals surface area contributed by atoms with Crippen LogP contribution in [0.1, 0.15) is 10.4 Å². The van der Waals surface area contributed by atoms with Gasteiger partial charge in [0.15, 0.2) is 0 Å². The molecule has 0 saturated carbocycles. The molecule has 0 aliphatic heterocycles. The number of benzene rings is 1. The van der Waals surface area contributed by atoms with Crippen molar-refractivity contribution in [3.63, 3.8) is 0 Å². The summed E-state index contributed by atoms with van der Waals surface area (Å²) in [6, 6.07) is 4.39. The summed E-state index contributed by atoms with van der Waals surface area (Å²) in [6.45, 7) is 0. The third-order valence-corrected chi connectivity index (χ3v) is 3.06. The van der Waals surface area contributed by atoms with Crippen LogP contribution in [-0.4, -0.2) is 28.8 Å². The zero-order valence-corrected chi connectivity index (χ0v) is 12.4. The Labute approximate surface area is 130 Å². The smallest absolute Gasteiger partial charge is 0.333 e. The van der Waals surface area contributed by atoms with Crippen LogP contribution in [0, 0.1) is 0 Å². The molecule has 1 aromatic carbocycles. The Morgan fingerprint density at radius 3 is 2.67 bits per heavy atom. The predicted octanol–water partition coefficient (Wildman–Crippen LogP) is 1.75. The normalized spacial score (nSPS) is 10.0. The minimum Gasteiger partial charge on any atom is -0.340 e. The van der Waals surface area contributed by atoms with Crippen molar-refractivity contribution in [1.29, 1.82) is 0 Å². The highest BCUT2D eigenvalue weighted by Crippen LogP contribution is 2.23. The van der Waals surface area contributed by atoms with Crippen LogP contribution in [0.2, 0.25) is 10.0 Å². The van der Waals surface area contributed by atoms with Crippen molar-refractivity contribution in [3.05, 3.63) is 46.2 Å². The number of carbonyl (C=O) groups excluding carboxylic acids is 2. The molecule has 0 saturated heterocycles. The number of carbonyl (C=O) groups is 2. The molecule has 0 spiro atoms. The maximum absolute atomic E-state index is 11.8. The Kier molecular flexibility index (Phi) is 4.66. The molecular weight excluding hydrogens is 317 g/mol. The molecule has 0 atom stereocenters. The van der Waals surface area contributed by atoms with E-state index < -0.39 is 11.9 Å². The quantitative estimate of drug-likeness (QED) is 0.734. The van der Waals surface area contributed by atoms with E-state index in [4.69, 9.17) is 23.2 Å². The number of rotatable bonds is 2. The third-order valence-electron chi connectivity index (χ3n) is 2.52. The molecule has 110 valence electrons. The van der Waals surface area contributed by atoms with E-state index in [9.17, 15) is 9.59 Å². The molecule has 7 nitrogen and oxygen atoms in total. The Hall–Kier alpha value is -2.25. The van der Waals surface area contributed by atoms with Gasteiger partial charge < -0.3 is 5.32 Å². The van der Waals surface area contributed by atoms with E-state index in [0.717, 1.165) is 0 Å².